The molecule has 4 rings (SSSR count). The summed E-state index contributed by atoms with van der Waals surface area (Å²) in [5.41, 5.74) is 1.99. The Morgan fingerprint density at radius 3 is 2.47 bits per heavy atom. The Morgan fingerprint density at radius 1 is 1.16 bits per heavy atom. The van der Waals surface area contributed by atoms with E-state index >= 15 is 0 Å². The SMILES string of the molecule is COc1ccc(NC(=O)C2CCN(C(=O)c3ccc(-c4noc(C)n4)cc3)CC2)cc1Cl. The number of aromatic nitrogens is 2. The van der Waals surface area contributed by atoms with Crippen LogP contribution in [-0.2, 0) is 4.79 Å². The summed E-state index contributed by atoms with van der Waals surface area (Å²) in [5, 5.41) is 7.22. The molecule has 0 radical (unpaired) electrons. The van der Waals surface area contributed by atoms with Crippen molar-refractivity contribution in [3.05, 3.63) is 58.9 Å². The molecular formula is C23H23ClN4O4. The lowest BCUT2D eigenvalue weighted by Crippen LogP contribution is -2.41. The van der Waals surface area contributed by atoms with Crippen LogP contribution >= 0.6 is 11.6 Å². The number of nitrogens with one attached hydrogen (secondary N) is 1. The Bertz CT molecular complexity index is 1120. The number of carbonyl (C=O) groups is 2. The van der Waals surface area contributed by atoms with Gasteiger partial charge in [-0.1, -0.05) is 28.9 Å². The maximum atomic E-state index is 12.9. The summed E-state index contributed by atoms with van der Waals surface area (Å²) in [6.07, 6.45) is 1.20. The first-order valence-electron chi connectivity index (χ1n) is 10.3. The number of rotatable bonds is 5. The van der Waals surface area contributed by atoms with Crippen molar-refractivity contribution >= 4 is 29.1 Å². The highest BCUT2D eigenvalue weighted by Gasteiger charge is 2.28. The quantitative estimate of drug-likeness (QED) is 0.620. The number of piperidine rings is 1. The number of likely N-dealkylation sites (tertiary alicyclic amines) is 1. The molecule has 1 aromatic heterocycles. The minimum Gasteiger partial charge on any atom is -0.495 e. The smallest absolute Gasteiger partial charge is 0.253 e. The number of ether oxygens (including phenoxy) is 1. The molecule has 0 atom stereocenters. The van der Waals surface area contributed by atoms with Gasteiger partial charge in [-0.2, -0.15) is 4.98 Å². The molecule has 2 aromatic carbocycles. The summed E-state index contributed by atoms with van der Waals surface area (Å²) < 4.78 is 10.1. The van der Waals surface area contributed by atoms with Crippen molar-refractivity contribution in [3.63, 3.8) is 0 Å². The highest BCUT2D eigenvalue weighted by molar-refractivity contribution is 6.32. The van der Waals surface area contributed by atoms with Gasteiger partial charge in [0.15, 0.2) is 0 Å². The van der Waals surface area contributed by atoms with Gasteiger partial charge in [0.25, 0.3) is 5.91 Å². The van der Waals surface area contributed by atoms with Gasteiger partial charge in [-0.15, -0.1) is 0 Å². The van der Waals surface area contributed by atoms with E-state index in [0.29, 0.717) is 59.7 Å². The van der Waals surface area contributed by atoms with E-state index in [1.165, 1.54) is 7.11 Å². The monoisotopic (exact) mass is 454 g/mol. The Kier molecular flexibility index (Phi) is 6.41. The minimum absolute atomic E-state index is 0.0540. The van der Waals surface area contributed by atoms with Crippen LogP contribution in [0.15, 0.2) is 47.0 Å². The number of nitrogens with zero attached hydrogens (tertiary/aromatic N) is 3. The van der Waals surface area contributed by atoms with Crippen molar-refractivity contribution < 1.29 is 18.8 Å². The summed E-state index contributed by atoms with van der Waals surface area (Å²) in [4.78, 5) is 31.5. The van der Waals surface area contributed by atoms with Crippen LogP contribution in [0.5, 0.6) is 5.75 Å². The van der Waals surface area contributed by atoms with Gasteiger partial charge < -0.3 is 19.5 Å². The van der Waals surface area contributed by atoms with Crippen LogP contribution in [0.25, 0.3) is 11.4 Å². The van der Waals surface area contributed by atoms with E-state index in [4.69, 9.17) is 20.9 Å². The van der Waals surface area contributed by atoms with Crippen LogP contribution in [0.1, 0.15) is 29.1 Å². The van der Waals surface area contributed by atoms with Gasteiger partial charge in [-0.3, -0.25) is 9.59 Å². The van der Waals surface area contributed by atoms with E-state index < -0.39 is 0 Å². The van der Waals surface area contributed by atoms with Crippen LogP contribution in [0, 0.1) is 12.8 Å². The first-order valence-corrected chi connectivity index (χ1v) is 10.7. The Hall–Kier alpha value is -3.39. The molecule has 1 fully saturated rings. The second kappa shape index (κ2) is 9.40. The van der Waals surface area contributed by atoms with Crippen LogP contribution in [0.2, 0.25) is 5.02 Å². The molecule has 1 N–H and O–H groups in total. The van der Waals surface area contributed by atoms with Gasteiger partial charge >= 0.3 is 0 Å². The normalized spacial score (nSPS) is 14.3. The van der Waals surface area contributed by atoms with Gasteiger partial charge in [0.1, 0.15) is 5.75 Å². The van der Waals surface area contributed by atoms with E-state index in [1.807, 2.05) is 0 Å². The Balaban J connectivity index is 1.32. The molecule has 2 amide bonds. The Labute approximate surface area is 190 Å². The lowest BCUT2D eigenvalue weighted by molar-refractivity contribution is -0.121. The summed E-state index contributed by atoms with van der Waals surface area (Å²) >= 11 is 6.12. The first-order chi connectivity index (χ1) is 15.4. The van der Waals surface area contributed by atoms with Crippen molar-refractivity contribution in [1.29, 1.82) is 0 Å². The number of carbonyl (C=O) groups excluding carboxylic acids is 2. The molecule has 0 saturated carbocycles. The fourth-order valence-corrected chi connectivity index (χ4v) is 3.95. The number of benzene rings is 2. The molecule has 0 spiro atoms. The van der Waals surface area contributed by atoms with Gasteiger partial charge in [0.2, 0.25) is 17.6 Å². The zero-order valence-corrected chi connectivity index (χ0v) is 18.6. The van der Waals surface area contributed by atoms with E-state index in [0.717, 1.165) is 5.56 Å². The summed E-state index contributed by atoms with van der Waals surface area (Å²) in [6, 6.07) is 12.3. The minimum atomic E-state index is -0.163. The van der Waals surface area contributed by atoms with E-state index in [1.54, 1.807) is 54.3 Å². The predicted molar refractivity (Wildman–Crippen MR) is 120 cm³/mol. The third kappa shape index (κ3) is 4.75. The van der Waals surface area contributed by atoms with E-state index in [-0.39, 0.29) is 17.7 Å². The molecule has 3 aromatic rings. The second-order valence-corrected chi connectivity index (χ2v) is 8.03. The van der Waals surface area contributed by atoms with E-state index in [9.17, 15) is 9.59 Å². The molecule has 1 aliphatic rings. The van der Waals surface area contributed by atoms with E-state index in [2.05, 4.69) is 15.5 Å². The molecule has 2 heterocycles. The third-order valence-electron chi connectivity index (χ3n) is 5.49. The molecule has 0 unspecified atom stereocenters. The highest BCUT2D eigenvalue weighted by atomic mass is 35.5. The number of hydrogen-bond acceptors (Lipinski definition) is 6. The van der Waals surface area contributed by atoms with Crippen LogP contribution in [0.3, 0.4) is 0 Å². The zero-order chi connectivity index (χ0) is 22.7. The maximum Gasteiger partial charge on any atom is 0.253 e. The second-order valence-electron chi connectivity index (χ2n) is 7.62. The standard InChI is InChI=1S/C23H23ClN4O4/c1-14-25-21(27-32-14)15-3-5-17(6-4-15)23(30)28-11-9-16(10-12-28)22(29)26-18-7-8-20(31-2)19(24)13-18/h3-8,13,16H,9-12H2,1-2H3,(H,26,29). The number of aryl methyl sites for hydroxylation is 1. The number of halogens is 1. The Morgan fingerprint density at radius 2 is 1.88 bits per heavy atom. The molecule has 32 heavy (non-hydrogen) atoms. The van der Waals surface area contributed by atoms with Crippen molar-refractivity contribution in [2.75, 3.05) is 25.5 Å². The molecule has 9 heteroatoms. The molecule has 1 aliphatic heterocycles. The summed E-state index contributed by atoms with van der Waals surface area (Å²) in [6.45, 7) is 2.77. The zero-order valence-electron chi connectivity index (χ0n) is 17.8. The van der Waals surface area contributed by atoms with Gasteiger partial charge in [-0.05, 0) is 43.2 Å². The molecule has 0 bridgehead atoms. The predicted octanol–water partition coefficient (Wildman–Crippen LogP) is 4.20. The summed E-state index contributed by atoms with van der Waals surface area (Å²) in [5.74, 6) is 1.24. The topological polar surface area (TPSA) is 97.6 Å². The average Bonchev–Trinajstić information content (AvgIpc) is 3.25. The lowest BCUT2D eigenvalue weighted by atomic mass is 9.95. The van der Waals surface area contributed by atoms with Gasteiger partial charge in [0, 0.05) is 42.7 Å². The fourth-order valence-electron chi connectivity index (χ4n) is 3.69. The third-order valence-corrected chi connectivity index (χ3v) is 5.79. The lowest BCUT2D eigenvalue weighted by Gasteiger charge is -2.31. The average molecular weight is 455 g/mol. The van der Waals surface area contributed by atoms with Gasteiger partial charge in [0.05, 0.1) is 12.1 Å². The largest absolute Gasteiger partial charge is 0.495 e. The fraction of sp³-hybridized carbons (Fsp3) is 0.304. The summed E-state index contributed by atoms with van der Waals surface area (Å²) in [7, 11) is 1.54. The van der Waals surface area contributed by atoms with Crippen molar-refractivity contribution in [1.82, 2.24) is 15.0 Å². The number of anilines is 1. The van der Waals surface area contributed by atoms with Crippen molar-refractivity contribution in [3.8, 4) is 17.1 Å². The molecular weight excluding hydrogens is 432 g/mol. The number of methoxy groups -OCH3 is 1. The van der Waals surface area contributed by atoms with Crippen LogP contribution in [0.4, 0.5) is 5.69 Å². The van der Waals surface area contributed by atoms with Crippen molar-refractivity contribution in [2.45, 2.75) is 19.8 Å². The maximum absolute atomic E-state index is 12.9. The molecule has 1 saturated heterocycles. The van der Waals surface area contributed by atoms with Crippen LogP contribution in [-0.4, -0.2) is 47.1 Å². The van der Waals surface area contributed by atoms with Crippen molar-refractivity contribution in [2.24, 2.45) is 5.92 Å². The number of hydrogen-bond donors (Lipinski definition) is 1. The molecule has 8 nitrogen and oxygen atoms in total. The van der Waals surface area contributed by atoms with Gasteiger partial charge in [-0.25, -0.2) is 0 Å². The molecule has 0 aliphatic carbocycles. The first kappa shape index (κ1) is 21.8. The van der Waals surface area contributed by atoms with Crippen LogP contribution < -0.4 is 10.1 Å². The molecule has 166 valence electrons. The highest BCUT2D eigenvalue weighted by Crippen LogP contribution is 2.28. The number of amides is 2.